The van der Waals surface area contributed by atoms with Crippen LogP contribution in [-0.4, -0.2) is 64.4 Å². The predicted octanol–water partition coefficient (Wildman–Crippen LogP) is 0.283. The number of hydrogen-bond donors (Lipinski definition) is 5. The number of aliphatic hydroxyl groups excluding tert-OH is 2. The van der Waals surface area contributed by atoms with Gasteiger partial charge in [0.2, 0.25) is 0 Å². The van der Waals surface area contributed by atoms with E-state index in [1.54, 1.807) is 0 Å². The Bertz CT molecular complexity index is 1060. The molecular weight excluding hydrogens is 433 g/mol. The van der Waals surface area contributed by atoms with Crippen LogP contribution in [0.5, 0.6) is 0 Å². The first-order valence-corrected chi connectivity index (χ1v) is 11.6. The molecule has 1 aliphatic rings. The van der Waals surface area contributed by atoms with Gasteiger partial charge in [0.15, 0.2) is 23.2 Å². The van der Waals surface area contributed by atoms with Crippen LogP contribution in [0.1, 0.15) is 11.8 Å². The lowest BCUT2D eigenvalue weighted by atomic mass is 10.1. The number of anilines is 1. The Morgan fingerprint density at radius 2 is 1.90 bits per heavy atom. The second-order valence-electron chi connectivity index (χ2n) is 6.72. The molecule has 0 saturated carbocycles. The first-order valence-electron chi connectivity index (χ1n) is 9.00. The van der Waals surface area contributed by atoms with Crippen molar-refractivity contribution in [3.05, 3.63) is 48.5 Å². The van der Waals surface area contributed by atoms with Crippen LogP contribution < -0.4 is 5.32 Å². The standard InChI is InChI=1S/C17H20N5O6PS/c23-13-11(7-27-29(25,26)30)28-17(14(13)24)22-9-21-12-15(19-8-20-16(12)22)18-6-10-4-2-1-3-5-10/h1-5,8-9,11,13-14,17,23-24H,6-7H2,(H,18,19,20)(H2,25,26,30)/t11-,13?,14?,17-/m1/s1. The Morgan fingerprint density at radius 1 is 1.13 bits per heavy atom. The van der Waals surface area contributed by atoms with Crippen LogP contribution >= 0.6 is 6.72 Å². The molecule has 0 radical (unpaired) electrons. The van der Waals surface area contributed by atoms with E-state index >= 15 is 0 Å². The van der Waals surface area contributed by atoms with Gasteiger partial charge in [-0.1, -0.05) is 30.3 Å². The summed E-state index contributed by atoms with van der Waals surface area (Å²) in [4.78, 5) is 31.2. The molecule has 1 fully saturated rings. The van der Waals surface area contributed by atoms with Crippen LogP contribution in [0.3, 0.4) is 0 Å². The highest BCUT2D eigenvalue weighted by atomic mass is 32.5. The Hall–Kier alpha value is -2.02. The number of ether oxygens (including phenoxy) is 1. The van der Waals surface area contributed by atoms with Gasteiger partial charge in [-0.15, -0.1) is 0 Å². The molecule has 2 unspecified atom stereocenters. The molecule has 30 heavy (non-hydrogen) atoms. The fourth-order valence-electron chi connectivity index (χ4n) is 3.22. The number of imidazole rings is 1. The number of aromatic nitrogens is 4. The largest absolute Gasteiger partial charge is 0.387 e. The summed E-state index contributed by atoms with van der Waals surface area (Å²) in [7, 11) is 0. The minimum Gasteiger partial charge on any atom is -0.387 e. The summed E-state index contributed by atoms with van der Waals surface area (Å²) in [5.41, 5.74) is 1.94. The zero-order chi connectivity index (χ0) is 21.3. The van der Waals surface area contributed by atoms with Crippen LogP contribution in [-0.2, 0) is 27.6 Å². The second-order valence-corrected chi connectivity index (χ2v) is 9.38. The Kier molecular flexibility index (Phi) is 6.09. The molecule has 11 nitrogen and oxygen atoms in total. The Labute approximate surface area is 176 Å². The van der Waals surface area contributed by atoms with Crippen molar-refractivity contribution in [3.63, 3.8) is 0 Å². The maximum absolute atomic E-state index is 10.4. The fraction of sp³-hybridized carbons (Fsp3) is 0.353. The van der Waals surface area contributed by atoms with Crippen molar-refractivity contribution < 1.29 is 29.3 Å². The lowest BCUT2D eigenvalue weighted by molar-refractivity contribution is -0.0487. The van der Waals surface area contributed by atoms with Gasteiger partial charge in [-0.05, 0) is 17.4 Å². The number of hydrogen-bond acceptors (Lipinski definition) is 9. The third kappa shape index (κ3) is 4.51. The highest BCUT2D eigenvalue weighted by Gasteiger charge is 2.45. The third-order valence-electron chi connectivity index (χ3n) is 4.68. The van der Waals surface area contributed by atoms with E-state index < -0.39 is 31.3 Å². The third-order valence-corrected chi connectivity index (χ3v) is 5.48. The monoisotopic (exact) mass is 453 g/mol. The Morgan fingerprint density at radius 3 is 2.63 bits per heavy atom. The maximum Gasteiger partial charge on any atom is 0.321 e. The zero-order valence-electron chi connectivity index (χ0n) is 15.5. The van der Waals surface area contributed by atoms with Crippen molar-refractivity contribution in [1.82, 2.24) is 19.5 Å². The summed E-state index contributed by atoms with van der Waals surface area (Å²) >= 11 is 4.40. The highest BCUT2D eigenvalue weighted by molar-refractivity contribution is 8.06. The molecular formula is C17H20N5O6PS. The second kappa shape index (κ2) is 8.61. The lowest BCUT2D eigenvalue weighted by Gasteiger charge is -2.17. The molecule has 5 N–H and O–H groups in total. The molecule has 3 heterocycles. The summed E-state index contributed by atoms with van der Waals surface area (Å²) in [5.74, 6) is 0.511. The molecule has 2 aromatic heterocycles. The summed E-state index contributed by atoms with van der Waals surface area (Å²) < 4.78 is 11.9. The van der Waals surface area contributed by atoms with Crippen LogP contribution in [0.25, 0.3) is 11.2 Å². The lowest BCUT2D eigenvalue weighted by Crippen LogP contribution is -2.33. The van der Waals surface area contributed by atoms with Gasteiger partial charge < -0.3 is 34.6 Å². The van der Waals surface area contributed by atoms with E-state index in [0.717, 1.165) is 5.56 Å². The van der Waals surface area contributed by atoms with Crippen LogP contribution in [0, 0.1) is 0 Å². The van der Waals surface area contributed by atoms with E-state index in [1.165, 1.54) is 17.2 Å². The molecule has 1 aliphatic heterocycles. The molecule has 1 saturated heterocycles. The molecule has 0 spiro atoms. The van der Waals surface area contributed by atoms with Crippen LogP contribution in [0.4, 0.5) is 5.82 Å². The molecule has 4 rings (SSSR count). The van der Waals surface area contributed by atoms with Gasteiger partial charge in [-0.3, -0.25) is 4.57 Å². The number of benzene rings is 1. The molecule has 3 aromatic rings. The summed E-state index contributed by atoms with van der Waals surface area (Å²) in [6.07, 6.45) is -1.88. The highest BCUT2D eigenvalue weighted by Crippen LogP contribution is 2.39. The number of rotatable bonds is 7. The SMILES string of the molecule is OC1C(O)[C@@H](COP(O)(O)=S)O[C@H]1n1cnc2c(NCc3ccccc3)ncnc21. The Balaban J connectivity index is 1.54. The van der Waals surface area contributed by atoms with E-state index in [9.17, 15) is 20.0 Å². The number of nitrogens with zero attached hydrogens (tertiary/aromatic N) is 4. The van der Waals surface area contributed by atoms with Gasteiger partial charge >= 0.3 is 6.72 Å². The van der Waals surface area contributed by atoms with Crippen molar-refractivity contribution in [1.29, 1.82) is 0 Å². The van der Waals surface area contributed by atoms with Gasteiger partial charge in [0.25, 0.3) is 0 Å². The number of nitrogens with one attached hydrogen (secondary N) is 1. The first-order chi connectivity index (χ1) is 14.3. The van der Waals surface area contributed by atoms with E-state index in [0.29, 0.717) is 23.5 Å². The topological polar surface area (TPSA) is 155 Å². The van der Waals surface area contributed by atoms with E-state index in [4.69, 9.17) is 9.26 Å². The number of fused-ring (bicyclic) bond motifs is 1. The average molecular weight is 453 g/mol. The van der Waals surface area contributed by atoms with Gasteiger partial charge in [0.05, 0.1) is 12.9 Å². The van der Waals surface area contributed by atoms with Crippen LogP contribution in [0.15, 0.2) is 43.0 Å². The quantitative estimate of drug-likeness (QED) is 0.313. The zero-order valence-corrected chi connectivity index (χ0v) is 17.2. The summed E-state index contributed by atoms with van der Waals surface area (Å²) in [5, 5.41) is 23.9. The number of aliphatic hydroxyl groups is 2. The predicted molar refractivity (Wildman–Crippen MR) is 110 cm³/mol. The van der Waals surface area contributed by atoms with Crippen molar-refractivity contribution >= 4 is 35.5 Å². The fourth-order valence-corrected chi connectivity index (χ4v) is 3.74. The summed E-state index contributed by atoms with van der Waals surface area (Å²) in [6, 6.07) is 9.78. The molecule has 13 heteroatoms. The van der Waals surface area contributed by atoms with Crippen molar-refractivity contribution in [2.24, 2.45) is 0 Å². The van der Waals surface area contributed by atoms with Crippen molar-refractivity contribution in [2.45, 2.75) is 31.1 Å². The summed E-state index contributed by atoms with van der Waals surface area (Å²) in [6.45, 7) is -3.76. The van der Waals surface area contributed by atoms with Crippen molar-refractivity contribution in [3.8, 4) is 0 Å². The maximum atomic E-state index is 10.4. The molecule has 0 bridgehead atoms. The molecule has 4 atom stereocenters. The van der Waals surface area contributed by atoms with Crippen molar-refractivity contribution in [2.75, 3.05) is 11.9 Å². The van der Waals surface area contributed by atoms with E-state index in [1.807, 2.05) is 30.3 Å². The molecule has 0 aliphatic carbocycles. The molecule has 1 aromatic carbocycles. The smallest absolute Gasteiger partial charge is 0.321 e. The van der Waals surface area contributed by atoms with Gasteiger partial charge in [0, 0.05) is 6.54 Å². The van der Waals surface area contributed by atoms with Gasteiger partial charge in [-0.25, -0.2) is 15.0 Å². The van der Waals surface area contributed by atoms with Gasteiger partial charge in [-0.2, -0.15) is 0 Å². The normalized spacial score (nSPS) is 24.4. The van der Waals surface area contributed by atoms with E-state index in [-0.39, 0.29) is 6.61 Å². The first kappa shape index (κ1) is 21.2. The minimum atomic E-state index is -3.91. The average Bonchev–Trinajstić information content (AvgIpc) is 3.27. The van der Waals surface area contributed by atoms with Crippen LogP contribution in [0.2, 0.25) is 0 Å². The molecule has 0 amide bonds. The minimum absolute atomic E-state index is 0.384. The van der Waals surface area contributed by atoms with Gasteiger partial charge in [0.1, 0.15) is 24.6 Å². The molecule has 160 valence electrons. The van der Waals surface area contributed by atoms with E-state index in [2.05, 4.69) is 32.1 Å².